The van der Waals surface area contributed by atoms with E-state index in [4.69, 9.17) is 9.47 Å². The maximum atomic E-state index is 13.0. The van der Waals surface area contributed by atoms with Gasteiger partial charge in [-0.1, -0.05) is 18.2 Å². The Hall–Kier alpha value is -2.86. The highest BCUT2D eigenvalue weighted by molar-refractivity contribution is 5.98. The smallest absolute Gasteiger partial charge is 0.241 e. The van der Waals surface area contributed by atoms with Crippen LogP contribution >= 0.6 is 0 Å². The molecule has 1 fully saturated rings. The maximum absolute atomic E-state index is 13.0. The van der Waals surface area contributed by atoms with Crippen LogP contribution in [-0.2, 0) is 4.79 Å². The van der Waals surface area contributed by atoms with Crippen molar-refractivity contribution in [1.82, 2.24) is 4.90 Å². The third-order valence-electron chi connectivity index (χ3n) is 5.86. The molecule has 30 heavy (non-hydrogen) atoms. The van der Waals surface area contributed by atoms with E-state index in [-0.39, 0.29) is 23.8 Å². The van der Waals surface area contributed by atoms with Crippen molar-refractivity contribution >= 4 is 17.4 Å². The van der Waals surface area contributed by atoms with Gasteiger partial charge in [0, 0.05) is 23.7 Å². The molecule has 1 amide bonds. The second kappa shape index (κ2) is 8.88. The predicted octanol–water partition coefficient (Wildman–Crippen LogP) is 4.21. The molecule has 1 saturated heterocycles. The number of likely N-dealkylation sites (tertiary alicyclic amines) is 1. The number of anilines is 1. The van der Waals surface area contributed by atoms with Crippen molar-refractivity contribution in [2.24, 2.45) is 0 Å². The van der Waals surface area contributed by atoms with Crippen molar-refractivity contribution in [2.45, 2.75) is 45.2 Å². The predicted molar refractivity (Wildman–Crippen MR) is 115 cm³/mol. The van der Waals surface area contributed by atoms with Gasteiger partial charge in [0.1, 0.15) is 0 Å². The first kappa shape index (κ1) is 20.4. The van der Waals surface area contributed by atoms with Crippen molar-refractivity contribution in [3.05, 3.63) is 53.6 Å². The molecule has 0 unspecified atom stereocenters. The molecular formula is C24H28N2O4. The van der Waals surface area contributed by atoms with Crippen LogP contribution in [-0.4, -0.2) is 42.4 Å². The van der Waals surface area contributed by atoms with Crippen LogP contribution in [0.3, 0.4) is 0 Å². The lowest BCUT2D eigenvalue weighted by Gasteiger charge is -2.30. The van der Waals surface area contributed by atoms with Crippen molar-refractivity contribution in [1.29, 1.82) is 0 Å². The largest absolute Gasteiger partial charge is 0.490 e. The van der Waals surface area contributed by atoms with Crippen molar-refractivity contribution in [2.75, 3.05) is 25.1 Å². The molecule has 0 aromatic heterocycles. The van der Waals surface area contributed by atoms with Crippen LogP contribution < -0.4 is 14.8 Å². The monoisotopic (exact) mass is 408 g/mol. The van der Waals surface area contributed by atoms with E-state index in [0.29, 0.717) is 24.5 Å². The Labute approximate surface area is 177 Å². The third-order valence-corrected chi connectivity index (χ3v) is 5.86. The lowest BCUT2D eigenvalue weighted by atomic mass is 10.0. The van der Waals surface area contributed by atoms with Gasteiger partial charge in [-0.15, -0.1) is 0 Å². The number of fused-ring (bicyclic) bond motifs is 1. The molecule has 1 N–H and O–H groups in total. The molecule has 0 radical (unpaired) electrons. The van der Waals surface area contributed by atoms with Gasteiger partial charge in [0.2, 0.25) is 5.91 Å². The number of amides is 1. The molecule has 0 bridgehead atoms. The lowest BCUT2D eigenvalue weighted by Crippen LogP contribution is -2.41. The number of carbonyl (C=O) groups is 2. The van der Waals surface area contributed by atoms with E-state index in [2.05, 4.69) is 22.3 Å². The summed E-state index contributed by atoms with van der Waals surface area (Å²) in [5.41, 5.74) is 2.38. The van der Waals surface area contributed by atoms with E-state index in [0.717, 1.165) is 42.9 Å². The molecule has 6 nitrogen and oxygen atoms in total. The molecule has 0 aliphatic carbocycles. The van der Waals surface area contributed by atoms with Gasteiger partial charge < -0.3 is 14.8 Å². The number of benzene rings is 2. The first-order chi connectivity index (χ1) is 14.5. The van der Waals surface area contributed by atoms with Gasteiger partial charge in [-0.25, -0.2) is 0 Å². The summed E-state index contributed by atoms with van der Waals surface area (Å²) in [4.78, 5) is 26.8. The summed E-state index contributed by atoms with van der Waals surface area (Å²) in [7, 11) is 0. The fourth-order valence-corrected chi connectivity index (χ4v) is 4.21. The number of ether oxygens (including phenoxy) is 2. The average Bonchev–Trinajstić information content (AvgIpc) is 3.11. The topological polar surface area (TPSA) is 67.9 Å². The molecule has 6 heteroatoms. The van der Waals surface area contributed by atoms with Crippen LogP contribution in [0.2, 0.25) is 0 Å². The summed E-state index contributed by atoms with van der Waals surface area (Å²) in [6, 6.07) is 13.0. The Morgan fingerprint density at radius 2 is 1.87 bits per heavy atom. The minimum atomic E-state index is -0.297. The normalized spacial score (nSPS) is 19.7. The van der Waals surface area contributed by atoms with Gasteiger partial charge in [0.05, 0.1) is 19.3 Å². The van der Waals surface area contributed by atoms with Gasteiger partial charge >= 0.3 is 0 Å². The van der Waals surface area contributed by atoms with Crippen molar-refractivity contribution < 1.29 is 19.1 Å². The zero-order valence-corrected chi connectivity index (χ0v) is 17.5. The molecule has 0 saturated carbocycles. The van der Waals surface area contributed by atoms with E-state index < -0.39 is 0 Å². The number of hydrogen-bond acceptors (Lipinski definition) is 5. The van der Waals surface area contributed by atoms with E-state index in [1.54, 1.807) is 18.2 Å². The van der Waals surface area contributed by atoms with Crippen molar-refractivity contribution in [3.8, 4) is 11.5 Å². The fraction of sp³-hybridized carbons (Fsp3) is 0.417. The summed E-state index contributed by atoms with van der Waals surface area (Å²) in [5, 5.41) is 2.97. The number of Topliss-reactive ketones (excluding diaryl/α,β-unsaturated/α-hetero) is 1. The molecule has 4 rings (SSSR count). The van der Waals surface area contributed by atoms with Crippen LogP contribution in [0.4, 0.5) is 5.69 Å². The average molecular weight is 408 g/mol. The first-order valence-electron chi connectivity index (χ1n) is 10.6. The molecule has 2 atom stereocenters. The number of nitrogens with zero attached hydrogens (tertiary/aromatic N) is 1. The number of rotatable bonds is 5. The lowest BCUT2D eigenvalue weighted by molar-refractivity contribution is -0.121. The van der Waals surface area contributed by atoms with Crippen LogP contribution in [0, 0.1) is 0 Å². The van der Waals surface area contributed by atoms with Crippen LogP contribution in [0.15, 0.2) is 42.5 Å². The zero-order valence-electron chi connectivity index (χ0n) is 17.5. The standard InChI is InChI=1S/C24H28N2O4/c1-16(24(28)25-20-7-3-6-18(14-20)17(2)27)26-11-4-8-21(26)19-9-10-22-23(15-19)30-13-5-12-29-22/h3,6-7,9-10,14-16,21H,4-5,8,11-13H2,1-2H3,(H,25,28)/t16-,21+/m0/s1. The first-order valence-corrected chi connectivity index (χ1v) is 10.6. The number of carbonyl (C=O) groups excluding carboxylic acids is 2. The third kappa shape index (κ3) is 4.33. The minimum Gasteiger partial charge on any atom is -0.490 e. The van der Waals surface area contributed by atoms with Gasteiger partial charge in [0.15, 0.2) is 17.3 Å². The van der Waals surface area contributed by atoms with Gasteiger partial charge in [-0.05, 0) is 63.1 Å². The second-order valence-electron chi connectivity index (χ2n) is 7.95. The molecule has 158 valence electrons. The van der Waals surface area contributed by atoms with Crippen molar-refractivity contribution in [3.63, 3.8) is 0 Å². The quantitative estimate of drug-likeness (QED) is 0.751. The highest BCUT2D eigenvalue weighted by Gasteiger charge is 2.33. The van der Waals surface area contributed by atoms with Crippen LogP contribution in [0.5, 0.6) is 11.5 Å². The fourth-order valence-electron chi connectivity index (χ4n) is 4.21. The number of nitrogens with one attached hydrogen (secondary N) is 1. The summed E-state index contributed by atoms with van der Waals surface area (Å²) >= 11 is 0. The molecule has 0 spiro atoms. The minimum absolute atomic E-state index is 0.0202. The summed E-state index contributed by atoms with van der Waals surface area (Å²) in [6.07, 6.45) is 2.91. The maximum Gasteiger partial charge on any atom is 0.241 e. The Balaban J connectivity index is 1.49. The molecule has 2 aliphatic rings. The van der Waals surface area contributed by atoms with E-state index >= 15 is 0 Å². The molecular weight excluding hydrogens is 380 g/mol. The number of hydrogen-bond donors (Lipinski definition) is 1. The van der Waals surface area contributed by atoms with E-state index in [1.165, 1.54) is 6.92 Å². The molecule has 2 heterocycles. The Kier molecular flexibility index (Phi) is 6.04. The van der Waals surface area contributed by atoms with Gasteiger partial charge in [0.25, 0.3) is 0 Å². The summed E-state index contributed by atoms with van der Waals surface area (Å²) in [6.45, 7) is 5.65. The SMILES string of the molecule is CC(=O)c1cccc(NC(=O)[C@H](C)N2CCC[C@@H]2c2ccc3c(c2)OCCCO3)c1. The second-order valence-corrected chi connectivity index (χ2v) is 7.95. The molecule has 2 aromatic carbocycles. The summed E-state index contributed by atoms with van der Waals surface area (Å²) in [5.74, 6) is 1.48. The summed E-state index contributed by atoms with van der Waals surface area (Å²) < 4.78 is 11.6. The molecule has 2 aromatic rings. The Morgan fingerprint density at radius 1 is 1.07 bits per heavy atom. The van der Waals surface area contributed by atoms with Crippen LogP contribution in [0.1, 0.15) is 55.1 Å². The highest BCUT2D eigenvalue weighted by atomic mass is 16.5. The van der Waals surface area contributed by atoms with Crippen LogP contribution in [0.25, 0.3) is 0 Å². The highest BCUT2D eigenvalue weighted by Crippen LogP contribution is 2.38. The van der Waals surface area contributed by atoms with E-state index in [1.807, 2.05) is 19.1 Å². The molecule has 2 aliphatic heterocycles. The Morgan fingerprint density at radius 3 is 2.67 bits per heavy atom. The zero-order chi connectivity index (χ0) is 21.1. The number of ketones is 1. The van der Waals surface area contributed by atoms with Gasteiger partial charge in [-0.3, -0.25) is 14.5 Å². The van der Waals surface area contributed by atoms with Gasteiger partial charge in [-0.2, -0.15) is 0 Å². The van der Waals surface area contributed by atoms with E-state index in [9.17, 15) is 9.59 Å². The Bertz CT molecular complexity index is 943.